The molecule has 17 heavy (non-hydrogen) atoms. The van der Waals surface area contributed by atoms with Crippen LogP contribution >= 0.6 is 0 Å². The van der Waals surface area contributed by atoms with Crippen molar-refractivity contribution >= 4 is 11.8 Å². The molecule has 4 N–H and O–H groups in total. The summed E-state index contributed by atoms with van der Waals surface area (Å²) in [4.78, 5) is 22.0. The summed E-state index contributed by atoms with van der Waals surface area (Å²) < 4.78 is 38.0. The predicted molar refractivity (Wildman–Crippen MR) is 53.3 cm³/mol. The van der Waals surface area contributed by atoms with Gasteiger partial charge in [0, 0.05) is 16.7 Å². The Balaban J connectivity index is 3.49. The summed E-state index contributed by atoms with van der Waals surface area (Å²) in [6.07, 6.45) is -6.17. The quantitative estimate of drug-likeness (QED) is 0.835. The molecule has 7 heteroatoms. The van der Waals surface area contributed by atoms with Crippen LogP contribution in [0.2, 0.25) is 0 Å². The number of carbonyl (C=O) groups is 2. The highest BCUT2D eigenvalue weighted by molar-refractivity contribution is 6.01. The topological polar surface area (TPSA) is 86.2 Å². The maximum absolute atomic E-state index is 13.3. The number of hydrogen-bond donors (Lipinski definition) is 2. The third-order valence-corrected chi connectivity index (χ3v) is 2.13. The molecule has 0 heterocycles. The van der Waals surface area contributed by atoms with Gasteiger partial charge in [-0.2, -0.15) is 0 Å². The number of carbonyl (C=O) groups excluding carboxylic acids is 2. The minimum atomic E-state index is -3.38. The first-order valence-electron chi connectivity index (χ1n) is 4.51. The summed E-state index contributed by atoms with van der Waals surface area (Å²) >= 11 is 0. The van der Waals surface area contributed by atoms with Crippen LogP contribution in [0.5, 0.6) is 0 Å². The minimum absolute atomic E-state index is 0.478. The maximum atomic E-state index is 13.3. The van der Waals surface area contributed by atoms with Gasteiger partial charge in [0.25, 0.3) is 6.43 Å². The molecule has 0 aromatic heterocycles. The normalized spacial score (nSPS) is 12.5. The smallest absolute Gasteiger partial charge is 0.273 e. The molecule has 2 amide bonds. The van der Waals surface area contributed by atoms with Crippen LogP contribution in [0.15, 0.2) is 18.2 Å². The first kappa shape index (κ1) is 13.0. The van der Waals surface area contributed by atoms with Crippen LogP contribution in [0, 0.1) is 0 Å². The number of amides is 2. The van der Waals surface area contributed by atoms with E-state index in [2.05, 4.69) is 0 Å². The molecular formula is C10H9F3N2O2. The number of primary amides is 2. The van der Waals surface area contributed by atoms with E-state index in [9.17, 15) is 22.8 Å². The highest BCUT2D eigenvalue weighted by Crippen LogP contribution is 2.30. The molecule has 0 aliphatic carbocycles. The second-order valence-corrected chi connectivity index (χ2v) is 3.23. The molecule has 0 radical (unpaired) electrons. The van der Waals surface area contributed by atoms with Gasteiger partial charge in [-0.15, -0.1) is 0 Å². The summed E-state index contributed by atoms with van der Waals surface area (Å²) in [6.45, 7) is 0. The Bertz CT molecular complexity index is 431. The summed E-state index contributed by atoms with van der Waals surface area (Å²) in [5.74, 6) is -2.21. The van der Waals surface area contributed by atoms with E-state index in [0.29, 0.717) is 0 Å². The van der Waals surface area contributed by atoms with Gasteiger partial charge >= 0.3 is 0 Å². The average Bonchev–Trinajstić information content (AvgIpc) is 2.26. The van der Waals surface area contributed by atoms with Gasteiger partial charge in [-0.3, -0.25) is 9.59 Å². The van der Waals surface area contributed by atoms with Gasteiger partial charge in [0.2, 0.25) is 11.8 Å². The maximum Gasteiger partial charge on any atom is 0.273 e. The molecule has 0 saturated carbocycles. The predicted octanol–water partition coefficient (Wildman–Crippen LogP) is 1.16. The molecule has 92 valence electrons. The molecule has 4 nitrogen and oxygen atoms in total. The van der Waals surface area contributed by atoms with Gasteiger partial charge in [-0.25, -0.2) is 13.2 Å². The van der Waals surface area contributed by atoms with Crippen molar-refractivity contribution in [2.24, 2.45) is 11.5 Å². The molecule has 0 saturated heterocycles. The third kappa shape index (κ3) is 2.55. The van der Waals surface area contributed by atoms with Crippen molar-refractivity contribution in [3.05, 3.63) is 34.9 Å². The SMILES string of the molecule is NC(=O)c1cccc(C(N)=O)c1C(F)C(F)F. The van der Waals surface area contributed by atoms with Crippen LogP contribution in [-0.4, -0.2) is 18.2 Å². The fraction of sp³-hybridized carbons (Fsp3) is 0.200. The van der Waals surface area contributed by atoms with Crippen LogP contribution < -0.4 is 11.5 Å². The van der Waals surface area contributed by atoms with Gasteiger partial charge in [0.15, 0.2) is 6.17 Å². The summed E-state index contributed by atoms with van der Waals surface area (Å²) in [5, 5.41) is 0. The second kappa shape index (κ2) is 4.86. The molecule has 0 bridgehead atoms. The minimum Gasteiger partial charge on any atom is -0.366 e. The Morgan fingerprint density at radius 3 is 1.71 bits per heavy atom. The Hall–Kier alpha value is -2.05. The van der Waals surface area contributed by atoms with Crippen LogP contribution in [0.4, 0.5) is 13.2 Å². The number of hydrogen-bond acceptors (Lipinski definition) is 2. The van der Waals surface area contributed by atoms with Gasteiger partial charge < -0.3 is 11.5 Å². The molecule has 1 atom stereocenters. The molecule has 0 aliphatic rings. The van der Waals surface area contributed by atoms with E-state index in [4.69, 9.17) is 11.5 Å². The zero-order chi connectivity index (χ0) is 13.2. The first-order chi connectivity index (χ1) is 7.86. The van der Waals surface area contributed by atoms with Crippen LogP contribution in [-0.2, 0) is 0 Å². The van der Waals surface area contributed by atoms with E-state index in [1.54, 1.807) is 0 Å². The Morgan fingerprint density at radius 1 is 1.00 bits per heavy atom. The van der Waals surface area contributed by atoms with E-state index < -0.39 is 41.1 Å². The fourth-order valence-electron chi connectivity index (χ4n) is 1.42. The summed E-state index contributed by atoms with van der Waals surface area (Å²) in [7, 11) is 0. The van der Waals surface area contributed by atoms with Gasteiger partial charge in [0.1, 0.15) is 0 Å². The number of rotatable bonds is 4. The van der Waals surface area contributed by atoms with Crippen LogP contribution in [0.25, 0.3) is 0 Å². The van der Waals surface area contributed by atoms with Crippen molar-refractivity contribution in [3.63, 3.8) is 0 Å². The van der Waals surface area contributed by atoms with E-state index in [1.165, 1.54) is 6.07 Å². The van der Waals surface area contributed by atoms with E-state index in [-0.39, 0.29) is 0 Å². The highest BCUT2D eigenvalue weighted by Gasteiger charge is 2.30. The number of benzene rings is 1. The number of halogens is 3. The monoisotopic (exact) mass is 246 g/mol. The molecule has 1 aromatic carbocycles. The first-order valence-corrected chi connectivity index (χ1v) is 4.51. The van der Waals surface area contributed by atoms with Crippen molar-refractivity contribution in [1.29, 1.82) is 0 Å². The summed E-state index contributed by atoms with van der Waals surface area (Å²) in [6, 6.07) is 3.32. The average molecular weight is 246 g/mol. The second-order valence-electron chi connectivity index (χ2n) is 3.23. The van der Waals surface area contributed by atoms with Crippen LogP contribution in [0.1, 0.15) is 32.5 Å². The van der Waals surface area contributed by atoms with E-state index in [1.807, 2.05) is 0 Å². The molecule has 1 unspecified atom stereocenters. The fourth-order valence-corrected chi connectivity index (χ4v) is 1.42. The molecule has 1 rings (SSSR count). The highest BCUT2D eigenvalue weighted by atomic mass is 19.3. The molecule has 0 fully saturated rings. The zero-order valence-corrected chi connectivity index (χ0v) is 8.49. The molecule has 0 spiro atoms. The van der Waals surface area contributed by atoms with Crippen molar-refractivity contribution in [2.75, 3.05) is 0 Å². The summed E-state index contributed by atoms with van der Waals surface area (Å²) in [5.41, 5.74) is 8.12. The lowest BCUT2D eigenvalue weighted by molar-refractivity contribution is 0.0484. The van der Waals surface area contributed by atoms with Crippen molar-refractivity contribution in [3.8, 4) is 0 Å². The Labute approximate surface area is 94.4 Å². The Kier molecular flexibility index (Phi) is 3.72. The van der Waals surface area contributed by atoms with Gasteiger partial charge in [0.05, 0.1) is 0 Å². The van der Waals surface area contributed by atoms with Crippen molar-refractivity contribution < 1.29 is 22.8 Å². The number of alkyl halides is 3. The molecular weight excluding hydrogens is 237 g/mol. The lowest BCUT2D eigenvalue weighted by Gasteiger charge is -2.14. The van der Waals surface area contributed by atoms with Crippen molar-refractivity contribution in [2.45, 2.75) is 12.6 Å². The van der Waals surface area contributed by atoms with Gasteiger partial charge in [-0.1, -0.05) is 6.07 Å². The largest absolute Gasteiger partial charge is 0.366 e. The van der Waals surface area contributed by atoms with E-state index in [0.717, 1.165) is 12.1 Å². The Morgan fingerprint density at radius 2 is 1.41 bits per heavy atom. The number of nitrogens with two attached hydrogens (primary N) is 2. The lowest BCUT2D eigenvalue weighted by atomic mass is 9.96. The van der Waals surface area contributed by atoms with Crippen molar-refractivity contribution in [1.82, 2.24) is 0 Å². The standard InChI is InChI=1S/C10H9F3N2O2/c11-7(8(12)13)6-4(9(14)16)2-1-3-5(6)10(15)17/h1-3,7-8H,(H2,14,16)(H2,15,17). The zero-order valence-electron chi connectivity index (χ0n) is 8.49. The van der Waals surface area contributed by atoms with Crippen LogP contribution in [0.3, 0.4) is 0 Å². The van der Waals surface area contributed by atoms with E-state index >= 15 is 0 Å². The lowest BCUT2D eigenvalue weighted by Crippen LogP contribution is -2.22. The molecule has 0 aliphatic heterocycles. The third-order valence-electron chi connectivity index (χ3n) is 2.13. The van der Waals surface area contributed by atoms with Gasteiger partial charge in [-0.05, 0) is 12.1 Å². The molecule has 1 aromatic rings.